The van der Waals surface area contributed by atoms with Gasteiger partial charge in [0.25, 0.3) is 0 Å². The first kappa shape index (κ1) is 16.4. The summed E-state index contributed by atoms with van der Waals surface area (Å²) in [5.74, 6) is 0. The quantitative estimate of drug-likeness (QED) is 0.635. The molecule has 0 aliphatic rings. The summed E-state index contributed by atoms with van der Waals surface area (Å²) >= 11 is 1.65. The van der Waals surface area contributed by atoms with Crippen LogP contribution in [-0.4, -0.2) is 8.32 Å². The number of furan rings is 1. The van der Waals surface area contributed by atoms with Crippen molar-refractivity contribution >= 4 is 20.1 Å². The molecule has 0 spiro atoms. The van der Waals surface area contributed by atoms with Crippen LogP contribution >= 0.6 is 11.8 Å². The number of rotatable bonds is 5. The van der Waals surface area contributed by atoms with E-state index in [2.05, 4.69) is 46.0 Å². The fourth-order valence-electron chi connectivity index (χ4n) is 1.59. The molecule has 1 heterocycles. The molecule has 1 aromatic heterocycles. The third kappa shape index (κ3) is 4.25. The minimum Gasteiger partial charge on any atom is -0.457 e. The predicted octanol–water partition coefficient (Wildman–Crippen LogP) is 5.95. The topological polar surface area (TPSA) is 22.4 Å². The Bertz CT molecular complexity index is 570. The van der Waals surface area contributed by atoms with Crippen LogP contribution in [0.4, 0.5) is 0 Å². The molecular weight excluding hydrogens is 296 g/mol. The molecule has 0 fully saturated rings. The standard InChI is InChI=1S/C17H24O2SSi/c1-17(2,3)21(4,5)19-13-14-11-12-18-16(14)20-15-9-7-6-8-10-15/h6-12H,13H2,1-5H3. The lowest BCUT2D eigenvalue weighted by molar-refractivity contribution is 0.269. The molecule has 0 aliphatic heterocycles. The van der Waals surface area contributed by atoms with Crippen LogP contribution in [0.15, 0.2) is 57.1 Å². The maximum absolute atomic E-state index is 6.28. The van der Waals surface area contributed by atoms with Gasteiger partial charge in [0, 0.05) is 10.5 Å². The van der Waals surface area contributed by atoms with E-state index in [1.165, 1.54) is 4.90 Å². The number of benzene rings is 1. The number of hydrogen-bond acceptors (Lipinski definition) is 3. The van der Waals surface area contributed by atoms with Crippen LogP contribution in [0.25, 0.3) is 0 Å². The summed E-state index contributed by atoms with van der Waals surface area (Å²) in [6.07, 6.45) is 1.75. The van der Waals surface area contributed by atoms with E-state index < -0.39 is 8.32 Å². The smallest absolute Gasteiger partial charge is 0.192 e. The first-order valence-electron chi connectivity index (χ1n) is 7.23. The van der Waals surface area contributed by atoms with E-state index >= 15 is 0 Å². The van der Waals surface area contributed by atoms with E-state index in [-0.39, 0.29) is 5.04 Å². The second-order valence-corrected chi connectivity index (χ2v) is 12.6. The molecule has 0 bridgehead atoms. The lowest BCUT2D eigenvalue weighted by Crippen LogP contribution is -2.40. The van der Waals surface area contributed by atoms with Gasteiger partial charge in [-0.2, -0.15) is 0 Å². The zero-order chi connectivity index (χ0) is 15.5. The maximum atomic E-state index is 6.28. The van der Waals surface area contributed by atoms with Crippen molar-refractivity contribution in [2.75, 3.05) is 0 Å². The van der Waals surface area contributed by atoms with Gasteiger partial charge >= 0.3 is 0 Å². The van der Waals surface area contributed by atoms with Crippen molar-refractivity contribution < 1.29 is 8.84 Å². The zero-order valence-electron chi connectivity index (χ0n) is 13.5. The Morgan fingerprint density at radius 1 is 1.10 bits per heavy atom. The first-order chi connectivity index (χ1) is 9.79. The molecule has 2 aromatic rings. The molecule has 2 nitrogen and oxygen atoms in total. The summed E-state index contributed by atoms with van der Waals surface area (Å²) in [6.45, 7) is 12.0. The van der Waals surface area contributed by atoms with Gasteiger partial charge in [0.2, 0.25) is 0 Å². The van der Waals surface area contributed by atoms with Gasteiger partial charge < -0.3 is 8.84 Å². The zero-order valence-corrected chi connectivity index (χ0v) is 15.3. The summed E-state index contributed by atoms with van der Waals surface area (Å²) in [7, 11) is -1.73. The largest absolute Gasteiger partial charge is 0.457 e. The van der Waals surface area contributed by atoms with E-state index in [0.717, 1.165) is 10.7 Å². The average molecular weight is 321 g/mol. The molecule has 4 heteroatoms. The Labute approximate surface area is 133 Å². The van der Waals surface area contributed by atoms with Crippen LogP contribution in [0.2, 0.25) is 18.1 Å². The molecule has 0 saturated carbocycles. The minimum atomic E-state index is -1.73. The third-order valence-corrected chi connectivity index (χ3v) is 9.59. The molecule has 2 rings (SSSR count). The second kappa shape index (κ2) is 6.42. The van der Waals surface area contributed by atoms with Crippen LogP contribution in [0.5, 0.6) is 0 Å². The average Bonchev–Trinajstić information content (AvgIpc) is 2.84. The molecule has 21 heavy (non-hydrogen) atoms. The van der Waals surface area contributed by atoms with Crippen LogP contribution in [0.1, 0.15) is 26.3 Å². The van der Waals surface area contributed by atoms with Gasteiger partial charge in [0.1, 0.15) is 0 Å². The van der Waals surface area contributed by atoms with Gasteiger partial charge in [-0.1, -0.05) is 50.7 Å². The molecule has 0 amide bonds. The van der Waals surface area contributed by atoms with E-state index in [1.807, 2.05) is 24.3 Å². The third-order valence-electron chi connectivity index (χ3n) is 4.05. The van der Waals surface area contributed by atoms with Crippen LogP contribution < -0.4 is 0 Å². The van der Waals surface area contributed by atoms with Crippen LogP contribution in [0, 0.1) is 0 Å². The molecule has 114 valence electrons. The molecule has 0 radical (unpaired) electrons. The van der Waals surface area contributed by atoms with Crippen molar-refractivity contribution in [3.8, 4) is 0 Å². The van der Waals surface area contributed by atoms with E-state index in [4.69, 9.17) is 8.84 Å². The minimum absolute atomic E-state index is 0.226. The summed E-state index contributed by atoms with van der Waals surface area (Å²) in [4.78, 5) is 1.18. The van der Waals surface area contributed by atoms with Gasteiger partial charge in [-0.05, 0) is 36.3 Å². The Morgan fingerprint density at radius 2 is 1.76 bits per heavy atom. The Hall–Kier alpha value is -0.973. The van der Waals surface area contributed by atoms with Gasteiger partial charge in [-0.15, -0.1) is 0 Å². The highest BCUT2D eigenvalue weighted by molar-refractivity contribution is 7.99. The number of hydrogen-bond donors (Lipinski definition) is 0. The summed E-state index contributed by atoms with van der Waals surface area (Å²) in [5.41, 5.74) is 1.13. The van der Waals surface area contributed by atoms with E-state index in [1.54, 1.807) is 18.0 Å². The van der Waals surface area contributed by atoms with Crippen molar-refractivity contribution in [2.45, 2.75) is 55.5 Å². The predicted molar refractivity (Wildman–Crippen MR) is 91.3 cm³/mol. The monoisotopic (exact) mass is 320 g/mol. The molecule has 0 unspecified atom stereocenters. The van der Waals surface area contributed by atoms with Crippen molar-refractivity contribution in [1.82, 2.24) is 0 Å². The molecular formula is C17H24O2SSi. The summed E-state index contributed by atoms with van der Waals surface area (Å²) in [6, 6.07) is 12.3. The molecule has 0 saturated heterocycles. The van der Waals surface area contributed by atoms with Crippen LogP contribution in [-0.2, 0) is 11.0 Å². The highest BCUT2D eigenvalue weighted by Crippen LogP contribution is 2.38. The molecule has 0 aliphatic carbocycles. The summed E-state index contributed by atoms with van der Waals surface area (Å²) < 4.78 is 11.9. The SMILES string of the molecule is CC(C)(C)[Si](C)(C)OCc1ccoc1Sc1ccccc1. The van der Waals surface area contributed by atoms with E-state index in [9.17, 15) is 0 Å². The Kier molecular flexibility index (Phi) is 5.02. The molecule has 0 atom stereocenters. The summed E-state index contributed by atoms with van der Waals surface area (Å²) in [5, 5.41) is 1.16. The van der Waals surface area contributed by atoms with E-state index in [0.29, 0.717) is 6.61 Å². The van der Waals surface area contributed by atoms with Gasteiger partial charge in [0.15, 0.2) is 13.4 Å². The highest BCUT2D eigenvalue weighted by atomic mass is 32.2. The highest BCUT2D eigenvalue weighted by Gasteiger charge is 2.37. The van der Waals surface area contributed by atoms with Crippen molar-refractivity contribution in [3.63, 3.8) is 0 Å². The van der Waals surface area contributed by atoms with Crippen molar-refractivity contribution in [2.24, 2.45) is 0 Å². The lowest BCUT2D eigenvalue weighted by atomic mass is 10.2. The second-order valence-electron chi connectivity index (χ2n) is 6.70. The maximum Gasteiger partial charge on any atom is 0.192 e. The Balaban J connectivity index is 2.05. The van der Waals surface area contributed by atoms with Gasteiger partial charge in [0.05, 0.1) is 12.9 Å². The fraction of sp³-hybridized carbons (Fsp3) is 0.412. The molecule has 1 aromatic carbocycles. The van der Waals surface area contributed by atoms with Crippen molar-refractivity contribution in [1.29, 1.82) is 0 Å². The van der Waals surface area contributed by atoms with Gasteiger partial charge in [-0.3, -0.25) is 0 Å². The Morgan fingerprint density at radius 3 is 2.38 bits per heavy atom. The van der Waals surface area contributed by atoms with Gasteiger partial charge in [-0.25, -0.2) is 0 Å². The molecule has 0 N–H and O–H groups in total. The lowest BCUT2D eigenvalue weighted by Gasteiger charge is -2.36. The normalized spacial score (nSPS) is 12.6. The fourth-order valence-corrected chi connectivity index (χ4v) is 3.41. The first-order valence-corrected chi connectivity index (χ1v) is 11.0. The van der Waals surface area contributed by atoms with Crippen molar-refractivity contribution in [3.05, 3.63) is 48.2 Å². The van der Waals surface area contributed by atoms with Crippen LogP contribution in [0.3, 0.4) is 0 Å².